The lowest BCUT2D eigenvalue weighted by Crippen LogP contribution is -2.29. The van der Waals surface area contributed by atoms with E-state index in [1.54, 1.807) is 36.4 Å². The Morgan fingerprint density at radius 1 is 1.17 bits per heavy atom. The van der Waals surface area contributed by atoms with Gasteiger partial charge in [-0.25, -0.2) is 13.1 Å². The number of nitrogens with one attached hydrogen (secondary N) is 1. The van der Waals surface area contributed by atoms with Crippen LogP contribution in [0.4, 0.5) is 0 Å². The van der Waals surface area contributed by atoms with E-state index in [0.717, 1.165) is 5.56 Å². The SMILES string of the molecule is Cc1ccc([C@@H](O)CNS(=O)(=O)Cc2noc3ccccc23)cc1. The second-order valence-corrected chi connectivity index (χ2v) is 7.47. The smallest absolute Gasteiger partial charge is 0.217 e. The van der Waals surface area contributed by atoms with E-state index < -0.39 is 16.1 Å². The highest BCUT2D eigenvalue weighted by atomic mass is 32.2. The molecule has 0 aliphatic rings. The van der Waals surface area contributed by atoms with Crippen LogP contribution in [0.1, 0.15) is 22.9 Å². The average Bonchev–Trinajstić information content (AvgIpc) is 2.96. The third-order valence-electron chi connectivity index (χ3n) is 3.74. The van der Waals surface area contributed by atoms with Crippen molar-refractivity contribution < 1.29 is 18.0 Å². The van der Waals surface area contributed by atoms with E-state index in [1.165, 1.54) is 0 Å². The summed E-state index contributed by atoms with van der Waals surface area (Å²) in [6.07, 6.45) is -0.908. The molecule has 1 aromatic heterocycles. The molecule has 2 aromatic carbocycles. The van der Waals surface area contributed by atoms with Gasteiger partial charge in [0.1, 0.15) is 11.4 Å². The Balaban J connectivity index is 1.66. The number of aliphatic hydroxyl groups excluding tert-OH is 1. The predicted octanol–water partition coefficient (Wildman–Crippen LogP) is 2.29. The zero-order valence-electron chi connectivity index (χ0n) is 13.1. The molecule has 0 fully saturated rings. The molecule has 0 bridgehead atoms. The highest BCUT2D eigenvalue weighted by Crippen LogP contribution is 2.19. The Morgan fingerprint density at radius 2 is 1.88 bits per heavy atom. The maximum Gasteiger partial charge on any atom is 0.217 e. The Kier molecular flexibility index (Phi) is 4.66. The van der Waals surface area contributed by atoms with Crippen LogP contribution in [0.5, 0.6) is 0 Å². The molecule has 0 aliphatic carbocycles. The predicted molar refractivity (Wildman–Crippen MR) is 90.8 cm³/mol. The molecule has 7 heteroatoms. The fourth-order valence-electron chi connectivity index (χ4n) is 2.39. The van der Waals surface area contributed by atoms with Crippen molar-refractivity contribution in [1.29, 1.82) is 0 Å². The second-order valence-electron chi connectivity index (χ2n) is 5.66. The molecule has 0 spiro atoms. The number of aryl methyl sites for hydroxylation is 1. The second kappa shape index (κ2) is 6.72. The van der Waals surface area contributed by atoms with Gasteiger partial charge in [0.25, 0.3) is 0 Å². The lowest BCUT2D eigenvalue weighted by Gasteiger charge is -2.12. The fourth-order valence-corrected chi connectivity index (χ4v) is 3.47. The van der Waals surface area contributed by atoms with Crippen LogP contribution in [-0.4, -0.2) is 25.2 Å². The molecule has 2 N–H and O–H groups in total. The van der Waals surface area contributed by atoms with Crippen LogP contribution >= 0.6 is 0 Å². The van der Waals surface area contributed by atoms with Gasteiger partial charge in [0.2, 0.25) is 10.0 Å². The summed E-state index contributed by atoms with van der Waals surface area (Å²) in [4.78, 5) is 0. The summed E-state index contributed by atoms with van der Waals surface area (Å²) in [6.45, 7) is 1.85. The molecule has 0 saturated heterocycles. The highest BCUT2D eigenvalue weighted by Gasteiger charge is 2.19. The highest BCUT2D eigenvalue weighted by molar-refractivity contribution is 7.88. The normalized spacial score (nSPS) is 13.2. The van der Waals surface area contributed by atoms with Crippen molar-refractivity contribution in [2.75, 3.05) is 6.54 Å². The molecule has 0 amide bonds. The van der Waals surface area contributed by atoms with Crippen LogP contribution in [0, 0.1) is 6.92 Å². The molecule has 24 heavy (non-hydrogen) atoms. The zero-order chi connectivity index (χ0) is 17.2. The van der Waals surface area contributed by atoms with E-state index in [4.69, 9.17) is 4.52 Å². The van der Waals surface area contributed by atoms with Gasteiger partial charge in [0.15, 0.2) is 5.58 Å². The summed E-state index contributed by atoms with van der Waals surface area (Å²) in [6, 6.07) is 14.4. The number of rotatable bonds is 6. The Morgan fingerprint density at radius 3 is 2.62 bits per heavy atom. The minimum absolute atomic E-state index is 0.0961. The van der Waals surface area contributed by atoms with Gasteiger partial charge in [0, 0.05) is 11.9 Å². The molecule has 6 nitrogen and oxygen atoms in total. The minimum atomic E-state index is -3.64. The lowest BCUT2D eigenvalue weighted by atomic mass is 10.1. The largest absolute Gasteiger partial charge is 0.387 e. The number of aromatic nitrogens is 1. The average molecular weight is 346 g/mol. The van der Waals surface area contributed by atoms with Crippen LogP contribution in [0.25, 0.3) is 11.0 Å². The van der Waals surface area contributed by atoms with Gasteiger partial charge in [-0.15, -0.1) is 0 Å². The minimum Gasteiger partial charge on any atom is -0.387 e. The summed E-state index contributed by atoms with van der Waals surface area (Å²) in [7, 11) is -3.64. The van der Waals surface area contributed by atoms with E-state index in [9.17, 15) is 13.5 Å². The molecule has 0 unspecified atom stereocenters. The molecule has 1 atom stereocenters. The fraction of sp³-hybridized carbons (Fsp3) is 0.235. The van der Waals surface area contributed by atoms with Crippen molar-refractivity contribution in [3.05, 3.63) is 65.4 Å². The van der Waals surface area contributed by atoms with Crippen molar-refractivity contribution in [3.8, 4) is 0 Å². The zero-order valence-corrected chi connectivity index (χ0v) is 14.0. The van der Waals surface area contributed by atoms with E-state index in [-0.39, 0.29) is 12.3 Å². The number of sulfonamides is 1. The van der Waals surface area contributed by atoms with Crippen molar-refractivity contribution >= 4 is 21.0 Å². The van der Waals surface area contributed by atoms with Gasteiger partial charge in [-0.05, 0) is 24.6 Å². The Bertz CT molecular complexity index is 933. The first-order chi connectivity index (χ1) is 11.4. The van der Waals surface area contributed by atoms with Crippen LogP contribution in [0.3, 0.4) is 0 Å². The number of hydrogen-bond donors (Lipinski definition) is 2. The van der Waals surface area contributed by atoms with Crippen molar-refractivity contribution in [2.45, 2.75) is 18.8 Å². The van der Waals surface area contributed by atoms with Crippen LogP contribution in [0.2, 0.25) is 0 Å². The monoisotopic (exact) mass is 346 g/mol. The third kappa shape index (κ3) is 3.81. The first-order valence-electron chi connectivity index (χ1n) is 7.50. The first-order valence-corrected chi connectivity index (χ1v) is 9.15. The molecule has 3 rings (SSSR count). The summed E-state index contributed by atoms with van der Waals surface area (Å²) in [5, 5.41) is 14.6. The molecule has 0 radical (unpaired) electrons. The number of aliphatic hydroxyl groups is 1. The van der Waals surface area contributed by atoms with Gasteiger partial charge in [0.05, 0.1) is 6.10 Å². The van der Waals surface area contributed by atoms with Gasteiger partial charge in [-0.3, -0.25) is 0 Å². The third-order valence-corrected chi connectivity index (χ3v) is 5.00. The van der Waals surface area contributed by atoms with Crippen molar-refractivity contribution in [3.63, 3.8) is 0 Å². The van der Waals surface area contributed by atoms with Crippen molar-refractivity contribution in [2.24, 2.45) is 0 Å². The topological polar surface area (TPSA) is 92.4 Å². The maximum absolute atomic E-state index is 12.2. The molecular weight excluding hydrogens is 328 g/mol. The molecule has 3 aromatic rings. The molecule has 0 aliphatic heterocycles. The van der Waals surface area contributed by atoms with Gasteiger partial charge < -0.3 is 9.63 Å². The standard InChI is InChI=1S/C17H18N2O4S/c1-12-6-8-13(9-7-12)16(20)10-18-24(21,22)11-15-14-4-2-3-5-17(14)23-19-15/h2-9,16,18,20H,10-11H2,1H3/t16-/m0/s1. The Labute approximate surface area is 140 Å². The van der Waals surface area contributed by atoms with Gasteiger partial charge in [-0.2, -0.15) is 0 Å². The first kappa shape index (κ1) is 16.6. The van der Waals surface area contributed by atoms with Gasteiger partial charge >= 0.3 is 0 Å². The number of benzene rings is 2. The number of para-hydroxylation sites is 1. The van der Waals surface area contributed by atoms with E-state index in [1.807, 2.05) is 19.1 Å². The summed E-state index contributed by atoms with van der Waals surface area (Å²) in [5.74, 6) is -0.301. The molecule has 126 valence electrons. The summed E-state index contributed by atoms with van der Waals surface area (Å²) in [5.41, 5.74) is 2.63. The van der Waals surface area contributed by atoms with Crippen LogP contribution < -0.4 is 4.72 Å². The number of fused-ring (bicyclic) bond motifs is 1. The number of hydrogen-bond acceptors (Lipinski definition) is 5. The van der Waals surface area contributed by atoms with Crippen molar-refractivity contribution in [1.82, 2.24) is 9.88 Å². The lowest BCUT2D eigenvalue weighted by molar-refractivity contribution is 0.182. The summed E-state index contributed by atoms with van der Waals surface area (Å²) < 4.78 is 32.0. The maximum atomic E-state index is 12.2. The summed E-state index contributed by atoms with van der Waals surface area (Å²) >= 11 is 0. The Hall–Kier alpha value is -2.22. The number of nitrogens with zero attached hydrogens (tertiary/aromatic N) is 1. The molecule has 0 saturated carbocycles. The quantitative estimate of drug-likeness (QED) is 0.714. The van der Waals surface area contributed by atoms with Gasteiger partial charge in [-0.1, -0.05) is 47.1 Å². The van der Waals surface area contributed by atoms with E-state index >= 15 is 0 Å². The molecular formula is C17H18N2O4S. The van der Waals surface area contributed by atoms with Crippen LogP contribution in [-0.2, 0) is 15.8 Å². The van der Waals surface area contributed by atoms with E-state index in [0.29, 0.717) is 22.2 Å². The van der Waals surface area contributed by atoms with E-state index in [2.05, 4.69) is 9.88 Å². The molecule has 1 heterocycles. The van der Waals surface area contributed by atoms with Crippen LogP contribution in [0.15, 0.2) is 53.1 Å².